The lowest BCUT2D eigenvalue weighted by Gasteiger charge is -2.29. The molecule has 0 aliphatic carbocycles. The average Bonchev–Trinajstić information content (AvgIpc) is 2.87. The molecule has 0 unspecified atom stereocenters. The zero-order valence-corrected chi connectivity index (χ0v) is 20.6. The number of anilines is 1. The zero-order valence-electron chi connectivity index (χ0n) is 19.0. The summed E-state index contributed by atoms with van der Waals surface area (Å²) in [6.45, 7) is 0. The smallest absolute Gasteiger partial charge is 0.339 e. The normalized spacial score (nSPS) is 14.9. The average molecular weight is 540 g/mol. The lowest BCUT2D eigenvalue weighted by Crippen LogP contribution is -2.54. The van der Waals surface area contributed by atoms with Crippen LogP contribution in [0.5, 0.6) is 11.5 Å². The van der Waals surface area contributed by atoms with Crippen LogP contribution in [0, 0.1) is 10.1 Å². The number of hydrogen-bond donors (Lipinski definition) is 1. The van der Waals surface area contributed by atoms with E-state index >= 15 is 0 Å². The Kier molecular flexibility index (Phi) is 7.00. The predicted octanol–water partition coefficient (Wildman–Crippen LogP) is 3.20. The summed E-state index contributed by atoms with van der Waals surface area (Å²) in [5.74, 6) is -0.779. The summed E-state index contributed by atoms with van der Waals surface area (Å²) in [5.41, 5.74) is 0.406. The number of benzene rings is 3. The Morgan fingerprint density at radius 3 is 2.11 bits per heavy atom. The molecule has 1 aliphatic heterocycles. The third-order valence-electron chi connectivity index (χ3n) is 5.17. The molecule has 0 bridgehead atoms. The summed E-state index contributed by atoms with van der Waals surface area (Å²) in [5, 5.41) is 13.2. The molecule has 11 nitrogen and oxygen atoms in total. The maximum Gasteiger partial charge on any atom is 0.339 e. The Labute approximate surface area is 216 Å². The third kappa shape index (κ3) is 5.47. The summed E-state index contributed by atoms with van der Waals surface area (Å²) in [6, 6.07) is 16.4. The molecule has 1 fully saturated rings. The van der Waals surface area contributed by atoms with Crippen LogP contribution in [-0.2, 0) is 19.7 Å². The molecule has 0 saturated carbocycles. The largest absolute Gasteiger partial charge is 0.497 e. The van der Waals surface area contributed by atoms with E-state index in [2.05, 4.69) is 5.32 Å². The number of carbonyl (C=O) groups excluding carboxylic acids is 2. The number of rotatable bonds is 7. The van der Waals surface area contributed by atoms with Crippen LogP contribution in [0.2, 0.25) is 0 Å². The van der Waals surface area contributed by atoms with Gasteiger partial charge in [0.05, 0.1) is 17.7 Å². The summed E-state index contributed by atoms with van der Waals surface area (Å²) < 4.78 is 35.2. The van der Waals surface area contributed by atoms with Crippen molar-refractivity contribution in [1.29, 1.82) is 0 Å². The minimum absolute atomic E-state index is 0.0408. The van der Waals surface area contributed by atoms with E-state index in [1.807, 2.05) is 0 Å². The molecule has 2 amide bonds. The van der Waals surface area contributed by atoms with Gasteiger partial charge in [-0.1, -0.05) is 12.1 Å². The van der Waals surface area contributed by atoms with Gasteiger partial charge in [-0.2, -0.15) is 8.42 Å². The molecule has 1 saturated heterocycles. The van der Waals surface area contributed by atoms with Crippen LogP contribution in [0.3, 0.4) is 0 Å². The molecule has 0 spiro atoms. The first kappa shape index (κ1) is 25.5. The molecule has 0 radical (unpaired) electrons. The van der Waals surface area contributed by atoms with E-state index in [0.29, 0.717) is 17.0 Å². The minimum atomic E-state index is -4.25. The number of nitrogens with zero attached hydrogens (tertiary/aromatic N) is 2. The molecule has 188 valence electrons. The van der Waals surface area contributed by atoms with Crippen molar-refractivity contribution in [3.63, 3.8) is 0 Å². The lowest BCUT2D eigenvalue weighted by atomic mass is 10.1. The van der Waals surface area contributed by atoms with Crippen molar-refractivity contribution >= 4 is 56.7 Å². The summed E-state index contributed by atoms with van der Waals surface area (Å²) in [7, 11) is -2.74. The van der Waals surface area contributed by atoms with Gasteiger partial charge in [-0.3, -0.25) is 29.9 Å². The Balaban J connectivity index is 1.54. The van der Waals surface area contributed by atoms with E-state index in [1.54, 1.807) is 24.3 Å². The van der Waals surface area contributed by atoms with Gasteiger partial charge in [0.15, 0.2) is 5.11 Å². The van der Waals surface area contributed by atoms with Crippen molar-refractivity contribution in [3.05, 3.63) is 94.0 Å². The number of hydrogen-bond acceptors (Lipinski definition) is 9. The van der Waals surface area contributed by atoms with Gasteiger partial charge >= 0.3 is 10.1 Å². The number of nitro groups is 1. The Morgan fingerprint density at radius 2 is 1.54 bits per heavy atom. The quantitative estimate of drug-likeness (QED) is 0.119. The van der Waals surface area contributed by atoms with E-state index in [9.17, 15) is 28.1 Å². The molecule has 3 aromatic carbocycles. The Hall–Kier alpha value is -4.62. The van der Waals surface area contributed by atoms with Crippen LogP contribution < -0.4 is 19.1 Å². The number of carbonyl (C=O) groups is 2. The fourth-order valence-corrected chi connectivity index (χ4v) is 4.53. The van der Waals surface area contributed by atoms with E-state index in [4.69, 9.17) is 21.1 Å². The highest BCUT2D eigenvalue weighted by molar-refractivity contribution is 7.87. The van der Waals surface area contributed by atoms with Crippen molar-refractivity contribution in [2.75, 3.05) is 12.0 Å². The number of non-ortho nitro benzene ring substituents is 1. The Morgan fingerprint density at radius 1 is 0.946 bits per heavy atom. The van der Waals surface area contributed by atoms with E-state index < -0.39 is 26.9 Å². The number of nitrogens with one attached hydrogen (secondary N) is 1. The molecule has 0 aromatic heterocycles. The maximum absolute atomic E-state index is 13.1. The first-order chi connectivity index (χ1) is 17.6. The van der Waals surface area contributed by atoms with Crippen LogP contribution in [-0.4, -0.2) is 37.4 Å². The van der Waals surface area contributed by atoms with Crippen LogP contribution in [0.25, 0.3) is 6.08 Å². The topological polar surface area (TPSA) is 145 Å². The van der Waals surface area contributed by atoms with Crippen LogP contribution in [0.15, 0.2) is 83.3 Å². The second-order valence-electron chi connectivity index (χ2n) is 7.51. The van der Waals surface area contributed by atoms with E-state index in [-0.39, 0.29) is 27.0 Å². The fourth-order valence-electron chi connectivity index (χ4n) is 3.32. The highest BCUT2D eigenvalue weighted by Gasteiger charge is 2.34. The third-order valence-corrected chi connectivity index (χ3v) is 6.71. The summed E-state index contributed by atoms with van der Waals surface area (Å²) >= 11 is 5.18. The van der Waals surface area contributed by atoms with Crippen molar-refractivity contribution in [3.8, 4) is 11.5 Å². The first-order valence-corrected chi connectivity index (χ1v) is 12.3. The maximum atomic E-state index is 13.1. The van der Waals surface area contributed by atoms with E-state index in [0.717, 1.165) is 24.3 Å². The molecular weight excluding hydrogens is 522 g/mol. The molecule has 1 aliphatic rings. The standard InChI is InChI=1S/C24H17N3O8S2/c1-34-18-10-4-16(5-11-18)26-23(29)21(22(28)25-24(26)36)14-15-2-8-19(9-3-15)35-37(32,33)20-12-6-17(7-13-20)27(30)31/h2-14H,1H3,(H,25,28,36)/b21-14-. The predicted molar refractivity (Wildman–Crippen MR) is 137 cm³/mol. The fraction of sp³-hybridized carbons (Fsp3) is 0.0417. The number of thiocarbonyl (C=S) groups is 1. The van der Waals surface area contributed by atoms with Crippen LogP contribution >= 0.6 is 12.2 Å². The highest BCUT2D eigenvalue weighted by atomic mass is 32.2. The van der Waals surface area contributed by atoms with Crippen molar-refractivity contribution in [1.82, 2.24) is 5.32 Å². The van der Waals surface area contributed by atoms with Crippen LogP contribution in [0.4, 0.5) is 11.4 Å². The van der Waals surface area contributed by atoms with Gasteiger partial charge in [0.2, 0.25) is 0 Å². The van der Waals surface area contributed by atoms with Gasteiger partial charge in [-0.15, -0.1) is 0 Å². The highest BCUT2D eigenvalue weighted by Crippen LogP contribution is 2.26. The first-order valence-electron chi connectivity index (χ1n) is 10.4. The molecule has 3 aromatic rings. The van der Waals surface area contributed by atoms with Crippen molar-refractivity contribution in [2.24, 2.45) is 0 Å². The summed E-state index contributed by atoms with van der Waals surface area (Å²) in [4.78, 5) is 36.6. The Bertz CT molecular complexity index is 1530. The lowest BCUT2D eigenvalue weighted by molar-refractivity contribution is -0.384. The van der Waals surface area contributed by atoms with Gasteiger partial charge in [-0.25, -0.2) is 0 Å². The number of amides is 2. The molecular formula is C24H17N3O8S2. The molecule has 13 heteroatoms. The second-order valence-corrected chi connectivity index (χ2v) is 9.45. The molecule has 1 heterocycles. The zero-order chi connectivity index (χ0) is 26.7. The van der Waals surface area contributed by atoms with Crippen molar-refractivity contribution < 1.29 is 31.9 Å². The van der Waals surface area contributed by atoms with Gasteiger partial charge in [-0.05, 0) is 72.4 Å². The molecule has 37 heavy (non-hydrogen) atoms. The number of nitro benzene ring substituents is 1. The minimum Gasteiger partial charge on any atom is -0.497 e. The van der Waals surface area contributed by atoms with Gasteiger partial charge in [0, 0.05) is 12.1 Å². The van der Waals surface area contributed by atoms with Crippen molar-refractivity contribution in [2.45, 2.75) is 4.90 Å². The van der Waals surface area contributed by atoms with Gasteiger partial charge in [0.25, 0.3) is 17.5 Å². The van der Waals surface area contributed by atoms with Gasteiger partial charge < -0.3 is 8.92 Å². The molecule has 4 rings (SSSR count). The molecule has 0 atom stereocenters. The monoisotopic (exact) mass is 539 g/mol. The SMILES string of the molecule is COc1ccc(N2C(=O)/C(=C\c3ccc(OS(=O)(=O)c4ccc([N+](=O)[O-])cc4)cc3)C(=O)NC2=S)cc1. The van der Waals surface area contributed by atoms with Crippen LogP contribution in [0.1, 0.15) is 5.56 Å². The van der Waals surface area contributed by atoms with Gasteiger partial charge in [0.1, 0.15) is 22.0 Å². The number of methoxy groups -OCH3 is 1. The number of ether oxygens (including phenoxy) is 1. The second kappa shape index (κ2) is 10.2. The molecule has 1 N–H and O–H groups in total. The summed E-state index contributed by atoms with van der Waals surface area (Å²) in [6.07, 6.45) is 1.34. The van der Waals surface area contributed by atoms with E-state index in [1.165, 1.54) is 42.4 Å².